The maximum absolute atomic E-state index is 14.5. The van der Waals surface area contributed by atoms with Crippen LogP contribution in [0.25, 0.3) is 0 Å². The predicted octanol–water partition coefficient (Wildman–Crippen LogP) is 3.63. The molecule has 3 aromatic carbocycles. The molecule has 7 nitrogen and oxygen atoms in total. The van der Waals surface area contributed by atoms with E-state index in [0.29, 0.717) is 14.9 Å². The molecule has 0 aliphatic rings. The van der Waals surface area contributed by atoms with E-state index in [4.69, 9.17) is 11.6 Å². The third-order valence-electron chi connectivity index (χ3n) is 5.56. The van der Waals surface area contributed by atoms with Gasteiger partial charge in [-0.1, -0.05) is 66.2 Å². The van der Waals surface area contributed by atoms with Gasteiger partial charge in [-0.2, -0.15) is 0 Å². The SMILES string of the molecule is CNC(=O)C(Cc1ccccc1)N(Cc1cccc(Cl)c1)C(=O)CN(c1ccccc1F)S(C)(=O)=O. The molecule has 0 saturated carbocycles. The Morgan fingerprint density at radius 1 is 0.972 bits per heavy atom. The lowest BCUT2D eigenvalue weighted by molar-refractivity contribution is -0.139. The van der Waals surface area contributed by atoms with E-state index in [0.717, 1.165) is 17.9 Å². The molecule has 36 heavy (non-hydrogen) atoms. The van der Waals surface area contributed by atoms with E-state index in [1.165, 1.54) is 30.1 Å². The number of sulfonamides is 1. The number of nitrogens with zero attached hydrogens (tertiary/aromatic N) is 2. The first kappa shape index (κ1) is 27.2. The molecule has 0 spiro atoms. The average molecular weight is 532 g/mol. The Balaban J connectivity index is 2.04. The zero-order valence-corrected chi connectivity index (χ0v) is 21.5. The molecule has 1 atom stereocenters. The van der Waals surface area contributed by atoms with Crippen LogP contribution >= 0.6 is 11.6 Å². The summed E-state index contributed by atoms with van der Waals surface area (Å²) in [6, 6.07) is 20.3. The summed E-state index contributed by atoms with van der Waals surface area (Å²) >= 11 is 6.14. The van der Waals surface area contributed by atoms with E-state index in [2.05, 4.69) is 5.32 Å². The number of hydrogen-bond donors (Lipinski definition) is 1. The molecule has 0 heterocycles. The van der Waals surface area contributed by atoms with Crippen LogP contribution in [-0.4, -0.2) is 51.0 Å². The molecule has 2 amide bonds. The predicted molar refractivity (Wildman–Crippen MR) is 139 cm³/mol. The van der Waals surface area contributed by atoms with Crippen LogP contribution in [0, 0.1) is 5.82 Å². The standard InChI is InChI=1S/C26H27ClFN3O4S/c1-29-26(33)24(16-19-9-4-3-5-10-19)30(17-20-11-8-12-21(27)15-20)25(32)18-31(36(2,34)35)23-14-7-6-13-22(23)28/h3-15,24H,16-18H2,1-2H3,(H,29,33). The summed E-state index contributed by atoms with van der Waals surface area (Å²) in [5.41, 5.74) is 1.20. The van der Waals surface area contributed by atoms with Gasteiger partial charge in [0.2, 0.25) is 21.8 Å². The molecular formula is C26H27ClFN3O4S. The normalized spacial score (nSPS) is 12.0. The van der Waals surface area contributed by atoms with Crippen LogP contribution in [0.3, 0.4) is 0 Å². The number of amides is 2. The van der Waals surface area contributed by atoms with Crippen molar-refractivity contribution in [1.82, 2.24) is 10.2 Å². The van der Waals surface area contributed by atoms with Gasteiger partial charge in [-0.3, -0.25) is 13.9 Å². The van der Waals surface area contributed by atoms with E-state index >= 15 is 0 Å². The van der Waals surface area contributed by atoms with Gasteiger partial charge in [0.1, 0.15) is 18.4 Å². The molecule has 0 aromatic heterocycles. The fourth-order valence-corrected chi connectivity index (χ4v) is 4.86. The molecule has 0 aliphatic carbocycles. The maximum atomic E-state index is 14.5. The number of likely N-dealkylation sites (N-methyl/N-ethyl adjacent to an activating group) is 1. The first-order chi connectivity index (χ1) is 17.1. The number of rotatable bonds is 10. The van der Waals surface area contributed by atoms with Gasteiger partial charge in [0.15, 0.2) is 0 Å². The summed E-state index contributed by atoms with van der Waals surface area (Å²) in [5.74, 6) is -1.89. The Hall–Kier alpha value is -3.43. The zero-order valence-electron chi connectivity index (χ0n) is 19.9. The molecule has 1 N–H and O–H groups in total. The van der Waals surface area contributed by atoms with Crippen LogP contribution < -0.4 is 9.62 Å². The van der Waals surface area contributed by atoms with Crippen LogP contribution in [0.1, 0.15) is 11.1 Å². The lowest BCUT2D eigenvalue weighted by Crippen LogP contribution is -2.53. The van der Waals surface area contributed by atoms with Crippen LogP contribution in [0.15, 0.2) is 78.9 Å². The lowest BCUT2D eigenvalue weighted by Gasteiger charge is -2.33. The summed E-state index contributed by atoms with van der Waals surface area (Å²) < 4.78 is 40.4. The minimum atomic E-state index is -4.03. The highest BCUT2D eigenvalue weighted by Gasteiger charge is 2.33. The molecule has 3 aromatic rings. The number of halogens is 2. The van der Waals surface area contributed by atoms with Crippen molar-refractivity contribution in [3.8, 4) is 0 Å². The second-order valence-corrected chi connectivity index (χ2v) is 10.5. The highest BCUT2D eigenvalue weighted by Crippen LogP contribution is 2.23. The van der Waals surface area contributed by atoms with Crippen LogP contribution in [0.5, 0.6) is 0 Å². The molecule has 0 bridgehead atoms. The Morgan fingerprint density at radius 2 is 1.61 bits per heavy atom. The number of nitrogens with one attached hydrogen (secondary N) is 1. The van der Waals surface area contributed by atoms with Crippen molar-refractivity contribution < 1.29 is 22.4 Å². The third kappa shape index (κ3) is 7.05. The smallest absolute Gasteiger partial charge is 0.244 e. The molecule has 0 aliphatic heterocycles. The molecule has 190 valence electrons. The first-order valence-corrected chi connectivity index (χ1v) is 13.3. The Morgan fingerprint density at radius 3 is 2.22 bits per heavy atom. The zero-order chi connectivity index (χ0) is 26.3. The van der Waals surface area contributed by atoms with Crippen LogP contribution in [0.2, 0.25) is 5.02 Å². The van der Waals surface area contributed by atoms with Gasteiger partial charge in [-0.25, -0.2) is 12.8 Å². The molecule has 3 rings (SSSR count). The van der Waals surface area contributed by atoms with Gasteiger partial charge in [-0.05, 0) is 35.4 Å². The van der Waals surface area contributed by atoms with E-state index in [9.17, 15) is 22.4 Å². The van der Waals surface area contributed by atoms with E-state index < -0.39 is 40.2 Å². The number of carbonyl (C=O) groups excluding carboxylic acids is 2. The van der Waals surface area contributed by atoms with Gasteiger partial charge in [0, 0.05) is 25.0 Å². The summed E-state index contributed by atoms with van der Waals surface area (Å²) in [5, 5.41) is 3.04. The monoisotopic (exact) mass is 531 g/mol. The quantitative estimate of drug-likeness (QED) is 0.433. The fraction of sp³-hybridized carbons (Fsp3) is 0.231. The lowest BCUT2D eigenvalue weighted by atomic mass is 10.0. The van der Waals surface area contributed by atoms with E-state index in [1.54, 1.807) is 24.3 Å². The Labute approximate surface area is 215 Å². The number of carbonyl (C=O) groups is 2. The van der Waals surface area contributed by atoms with E-state index in [-0.39, 0.29) is 18.7 Å². The molecule has 10 heteroatoms. The van der Waals surface area contributed by atoms with Gasteiger partial charge in [0.25, 0.3) is 0 Å². The van der Waals surface area contributed by atoms with Gasteiger partial charge in [0.05, 0.1) is 11.9 Å². The van der Waals surface area contributed by atoms with Crippen LogP contribution in [0.4, 0.5) is 10.1 Å². The number of para-hydroxylation sites is 1. The molecular weight excluding hydrogens is 505 g/mol. The largest absolute Gasteiger partial charge is 0.357 e. The topological polar surface area (TPSA) is 86.8 Å². The summed E-state index contributed by atoms with van der Waals surface area (Å²) in [7, 11) is -2.57. The van der Waals surface area contributed by atoms with Crippen molar-refractivity contribution >= 4 is 39.1 Å². The minimum Gasteiger partial charge on any atom is -0.357 e. The molecule has 0 fully saturated rings. The summed E-state index contributed by atoms with van der Waals surface area (Å²) in [6.45, 7) is -0.707. The van der Waals surface area contributed by atoms with Crippen LogP contribution in [-0.2, 0) is 32.6 Å². The first-order valence-electron chi connectivity index (χ1n) is 11.1. The third-order valence-corrected chi connectivity index (χ3v) is 6.92. The van der Waals surface area contributed by atoms with Crippen molar-refractivity contribution in [2.24, 2.45) is 0 Å². The average Bonchev–Trinajstić information content (AvgIpc) is 2.84. The fourth-order valence-electron chi connectivity index (χ4n) is 3.80. The van der Waals surface area contributed by atoms with Gasteiger partial charge in [-0.15, -0.1) is 0 Å². The number of hydrogen-bond acceptors (Lipinski definition) is 4. The Bertz CT molecular complexity index is 1320. The second-order valence-electron chi connectivity index (χ2n) is 8.19. The van der Waals surface area contributed by atoms with Crippen molar-refractivity contribution in [3.05, 3.63) is 101 Å². The molecule has 0 saturated heterocycles. The van der Waals surface area contributed by atoms with E-state index in [1.807, 2.05) is 30.3 Å². The highest BCUT2D eigenvalue weighted by atomic mass is 35.5. The van der Waals surface area contributed by atoms with Crippen molar-refractivity contribution in [1.29, 1.82) is 0 Å². The number of anilines is 1. The summed E-state index contributed by atoms with van der Waals surface area (Å²) in [6.07, 6.45) is 1.08. The minimum absolute atomic E-state index is 0.0147. The van der Waals surface area contributed by atoms with Gasteiger partial charge < -0.3 is 10.2 Å². The summed E-state index contributed by atoms with van der Waals surface area (Å²) in [4.78, 5) is 28.0. The maximum Gasteiger partial charge on any atom is 0.244 e. The van der Waals surface area contributed by atoms with Crippen molar-refractivity contribution in [2.75, 3.05) is 24.2 Å². The highest BCUT2D eigenvalue weighted by molar-refractivity contribution is 7.92. The van der Waals surface area contributed by atoms with Crippen molar-refractivity contribution in [2.45, 2.75) is 19.0 Å². The molecule has 0 radical (unpaired) electrons. The molecule has 1 unspecified atom stereocenters. The second kappa shape index (κ2) is 12.0. The van der Waals surface area contributed by atoms with Gasteiger partial charge >= 0.3 is 0 Å². The van der Waals surface area contributed by atoms with Crippen molar-refractivity contribution in [3.63, 3.8) is 0 Å². The number of benzene rings is 3. The Kier molecular flexibility index (Phi) is 9.06.